The van der Waals surface area contributed by atoms with Gasteiger partial charge >= 0.3 is 0 Å². The first-order valence-corrected chi connectivity index (χ1v) is 19.3. The normalized spacial score (nSPS) is 17.4. The minimum Gasteiger partial charge on any atom is -0.462 e. The van der Waals surface area contributed by atoms with Crippen LogP contribution in [0, 0.1) is 5.92 Å². The molecular formula is C46H83N5O2. The number of rotatable bonds is 14. The summed E-state index contributed by atoms with van der Waals surface area (Å²) in [5, 5.41) is 6.62. The maximum atomic E-state index is 9.60. The van der Waals surface area contributed by atoms with Crippen LogP contribution in [0.2, 0.25) is 0 Å². The largest absolute Gasteiger partial charge is 0.462 e. The van der Waals surface area contributed by atoms with Crippen molar-refractivity contribution in [2.24, 2.45) is 5.92 Å². The van der Waals surface area contributed by atoms with Crippen molar-refractivity contribution in [3.63, 3.8) is 0 Å². The highest BCUT2D eigenvalue weighted by atomic mass is 16.5. The third kappa shape index (κ3) is 26.0. The van der Waals surface area contributed by atoms with Crippen LogP contribution in [-0.4, -0.2) is 91.7 Å². The summed E-state index contributed by atoms with van der Waals surface area (Å²) in [6.45, 7) is 41.8. The first-order valence-electron chi connectivity index (χ1n) is 19.3. The zero-order valence-corrected chi connectivity index (χ0v) is 35.5. The minimum absolute atomic E-state index is 0. The lowest BCUT2D eigenvalue weighted by atomic mass is 9.87. The number of benzene rings is 1. The lowest BCUT2D eigenvalue weighted by molar-refractivity contribution is -0.138. The Balaban J connectivity index is -0.000000639. The molecule has 1 fully saturated rings. The third-order valence-electron chi connectivity index (χ3n) is 8.57. The molecule has 1 aliphatic carbocycles. The van der Waals surface area contributed by atoms with Crippen molar-refractivity contribution in [2.75, 3.05) is 46.8 Å². The number of piperazine rings is 1. The van der Waals surface area contributed by atoms with Gasteiger partial charge in [0.05, 0.1) is 6.04 Å². The third-order valence-corrected chi connectivity index (χ3v) is 8.57. The van der Waals surface area contributed by atoms with Gasteiger partial charge in [0.2, 0.25) is 0 Å². The van der Waals surface area contributed by atoms with Crippen LogP contribution in [0.4, 0.5) is 0 Å². The van der Waals surface area contributed by atoms with Gasteiger partial charge in [-0.1, -0.05) is 110 Å². The number of nitrogens with zero attached hydrogens (tertiary/aromatic N) is 3. The summed E-state index contributed by atoms with van der Waals surface area (Å²) in [6, 6.07) is 12.2. The van der Waals surface area contributed by atoms with Crippen molar-refractivity contribution in [3.8, 4) is 0 Å². The number of hydrogen-bond donors (Lipinski definition) is 2. The molecular weight excluding hydrogens is 655 g/mol. The monoisotopic (exact) mass is 738 g/mol. The Labute approximate surface area is 329 Å². The zero-order valence-electron chi connectivity index (χ0n) is 35.5. The Bertz CT molecular complexity index is 1170. The average Bonchev–Trinajstić information content (AvgIpc) is 3.12. The molecule has 304 valence electrons. The first-order chi connectivity index (χ1) is 24.6. The lowest BCUT2D eigenvalue weighted by Gasteiger charge is -2.39. The highest BCUT2D eigenvalue weighted by Gasteiger charge is 2.20. The van der Waals surface area contributed by atoms with Crippen LogP contribution in [-0.2, 0) is 16.0 Å². The minimum atomic E-state index is -0.318. The summed E-state index contributed by atoms with van der Waals surface area (Å²) in [5.74, 6) is 0.677. The lowest BCUT2D eigenvalue weighted by Crippen LogP contribution is -2.49. The molecule has 2 N–H and O–H groups in total. The summed E-state index contributed by atoms with van der Waals surface area (Å²) in [5.41, 5.74) is 4.96. The van der Waals surface area contributed by atoms with Gasteiger partial charge in [-0.15, -0.1) is 0 Å². The van der Waals surface area contributed by atoms with Crippen LogP contribution in [0.3, 0.4) is 0 Å². The van der Waals surface area contributed by atoms with Gasteiger partial charge in [-0.05, 0) is 116 Å². The zero-order chi connectivity index (χ0) is 40.1. The quantitative estimate of drug-likeness (QED) is 0.184. The molecule has 2 aliphatic rings. The molecule has 7 nitrogen and oxygen atoms in total. The molecule has 3 rings (SSSR count). The number of hydrogen-bond acceptors (Lipinski definition) is 7. The van der Waals surface area contributed by atoms with E-state index in [9.17, 15) is 4.79 Å². The van der Waals surface area contributed by atoms with E-state index in [0.717, 1.165) is 44.7 Å². The standard InChI is InChI=1S/C15H22N2.C13H19N.C10H22N2.C5H10O2.C2H6.CH4/c1-3-17-12-11-16(13-14(17)2)10-9-15-7-5-4-6-8-15;1-4-8-12-11(5-2)9-7-10-13(12)14-6-3;1-8(2)7-11-9(3)10(4)12(5)6;1-5(2,3)7-4-6;1-2;/h3-8,14H,1,9-13H2,2H3;4-6,8,13-14H,2-3,7,9-10H2,1H3;8,10-11H,3,7H2,1-2,4-6H3;4H,1-3H3;1-2H3;1H4/b;8-4-;;;;/t14-;;10-;;;/m1.0.../s1. The molecule has 53 heavy (non-hydrogen) atoms. The smallest absolute Gasteiger partial charge is 0.293 e. The van der Waals surface area contributed by atoms with Crippen LogP contribution in [0.5, 0.6) is 0 Å². The van der Waals surface area contributed by atoms with Crippen molar-refractivity contribution in [1.82, 2.24) is 25.3 Å². The Kier molecular flexibility index (Phi) is 32.4. The van der Waals surface area contributed by atoms with E-state index >= 15 is 0 Å². The number of nitrogens with one attached hydrogen (secondary N) is 2. The maximum Gasteiger partial charge on any atom is 0.293 e. The molecule has 1 aromatic rings. The van der Waals surface area contributed by atoms with Crippen LogP contribution in [0.25, 0.3) is 0 Å². The highest BCUT2D eigenvalue weighted by molar-refractivity contribution is 5.38. The molecule has 1 heterocycles. The van der Waals surface area contributed by atoms with Gasteiger partial charge in [0, 0.05) is 50.5 Å². The van der Waals surface area contributed by atoms with E-state index in [1.54, 1.807) is 6.20 Å². The topological polar surface area (TPSA) is 60.1 Å². The van der Waals surface area contributed by atoms with Crippen molar-refractivity contribution in [1.29, 1.82) is 0 Å². The fourth-order valence-corrected chi connectivity index (χ4v) is 5.35. The first kappa shape index (κ1) is 53.8. The van der Waals surface area contributed by atoms with Crippen LogP contribution >= 0.6 is 0 Å². The van der Waals surface area contributed by atoms with E-state index < -0.39 is 0 Å². The molecule has 1 unspecified atom stereocenters. The number of carbonyl (C=O) groups is 1. The predicted octanol–water partition coefficient (Wildman–Crippen LogP) is 10.0. The molecule has 7 heteroatoms. The van der Waals surface area contributed by atoms with Crippen LogP contribution in [0.1, 0.15) is 101 Å². The van der Waals surface area contributed by atoms with Gasteiger partial charge < -0.3 is 25.2 Å². The summed E-state index contributed by atoms with van der Waals surface area (Å²) in [7, 11) is 4.12. The molecule has 0 radical (unpaired) electrons. The second-order valence-corrected chi connectivity index (χ2v) is 14.6. The van der Waals surface area contributed by atoms with Crippen molar-refractivity contribution in [2.45, 2.75) is 126 Å². The van der Waals surface area contributed by atoms with Gasteiger partial charge in [-0.3, -0.25) is 9.69 Å². The molecule has 1 saturated heterocycles. The molecule has 0 amide bonds. The number of ether oxygens (including phenoxy) is 1. The molecule has 0 spiro atoms. The van der Waals surface area contributed by atoms with Gasteiger partial charge in [0.15, 0.2) is 0 Å². The number of carbonyl (C=O) groups excluding carboxylic acids is 1. The Morgan fingerprint density at radius 1 is 1.08 bits per heavy atom. The van der Waals surface area contributed by atoms with Gasteiger partial charge in [0.1, 0.15) is 5.60 Å². The van der Waals surface area contributed by atoms with E-state index in [4.69, 9.17) is 0 Å². The van der Waals surface area contributed by atoms with Crippen molar-refractivity contribution < 1.29 is 9.53 Å². The summed E-state index contributed by atoms with van der Waals surface area (Å²) >= 11 is 0. The predicted molar refractivity (Wildman–Crippen MR) is 236 cm³/mol. The van der Waals surface area contributed by atoms with Crippen molar-refractivity contribution in [3.05, 3.63) is 110 Å². The molecule has 3 atom stereocenters. The van der Waals surface area contributed by atoms with Crippen LogP contribution in [0.15, 0.2) is 104 Å². The summed E-state index contributed by atoms with van der Waals surface area (Å²) in [6.07, 6.45) is 14.7. The second-order valence-electron chi connectivity index (χ2n) is 14.6. The summed E-state index contributed by atoms with van der Waals surface area (Å²) < 4.78 is 4.55. The molecule has 0 aromatic heterocycles. The summed E-state index contributed by atoms with van der Waals surface area (Å²) in [4.78, 5) is 16.6. The Hall–Kier alpha value is -3.55. The van der Waals surface area contributed by atoms with Gasteiger partial charge in [-0.25, -0.2) is 0 Å². The maximum absolute atomic E-state index is 9.60. The molecule has 1 aliphatic heterocycles. The fourth-order valence-electron chi connectivity index (χ4n) is 5.35. The fraction of sp³-hybridized carbons (Fsp3) is 0.587. The molecule has 0 bridgehead atoms. The van der Waals surface area contributed by atoms with E-state index in [0.29, 0.717) is 30.5 Å². The number of likely N-dealkylation sites (N-methyl/N-ethyl adjacent to an activating group) is 1. The Morgan fingerprint density at radius 3 is 2.13 bits per heavy atom. The van der Waals surface area contributed by atoms with Gasteiger partial charge in [0.25, 0.3) is 6.47 Å². The van der Waals surface area contributed by atoms with E-state index in [-0.39, 0.29) is 13.0 Å². The molecule has 1 aromatic carbocycles. The van der Waals surface area contributed by atoms with E-state index in [1.165, 1.54) is 36.1 Å². The van der Waals surface area contributed by atoms with E-state index in [1.807, 2.05) is 53.8 Å². The highest BCUT2D eigenvalue weighted by Crippen LogP contribution is 2.26. The second kappa shape index (κ2) is 31.9. The Morgan fingerprint density at radius 2 is 1.70 bits per heavy atom. The number of allylic oxidation sites excluding steroid dienone is 3. The van der Waals surface area contributed by atoms with Crippen LogP contribution < -0.4 is 10.6 Å². The average molecular weight is 738 g/mol. The van der Waals surface area contributed by atoms with E-state index in [2.05, 4.69) is 141 Å². The van der Waals surface area contributed by atoms with Crippen molar-refractivity contribution >= 4 is 6.47 Å². The van der Waals surface area contributed by atoms with Gasteiger partial charge in [-0.2, -0.15) is 0 Å². The SMILES string of the molecule is C.C=C(NCC(C)C)[C@H](C)N(C)C.C=CN1CCN(CCc2ccccc2)C[C@H]1C.C=CNC1CCCC(C=C)=C1/C=C\C.CC.CC(C)(C)OC=O. The molecule has 0 saturated carbocycles.